The van der Waals surface area contributed by atoms with Crippen LogP contribution in [0.25, 0.3) is 0 Å². The average Bonchev–Trinajstić information content (AvgIpc) is 1.56. The Balaban J connectivity index is 4.13. The van der Waals surface area contributed by atoms with Crippen LogP contribution in [-0.4, -0.2) is 30.3 Å². The molecule has 0 atom stereocenters. The van der Waals surface area contributed by atoms with Gasteiger partial charge in [-0.1, -0.05) is 0 Å². The monoisotopic (exact) mass is 159 g/mol. The molecule has 11 heavy (non-hydrogen) atoms. The first-order chi connectivity index (χ1) is 4.65. The van der Waals surface area contributed by atoms with Gasteiger partial charge in [-0.15, -0.1) is 0 Å². The van der Waals surface area contributed by atoms with Gasteiger partial charge in [0.05, 0.1) is 11.3 Å². The quantitative estimate of drug-likeness (QED) is 0.591. The van der Waals surface area contributed by atoms with Crippen molar-refractivity contribution in [3.8, 4) is 0 Å². The minimum Gasteiger partial charge on any atom is -0.314 e. The molecule has 0 aromatic rings. The molecule has 0 aromatic carbocycles. The molecule has 0 aliphatic heterocycles. The van der Waals surface area contributed by atoms with Crippen LogP contribution in [0.1, 0.15) is 27.7 Å². The van der Waals surface area contributed by atoms with Crippen molar-refractivity contribution >= 4 is 0 Å². The summed E-state index contributed by atoms with van der Waals surface area (Å²) < 4.78 is 0. The van der Waals surface area contributed by atoms with Crippen molar-refractivity contribution in [2.45, 2.75) is 39.0 Å². The lowest BCUT2D eigenvalue weighted by molar-refractivity contribution is 0.109. The Bertz CT molecular complexity index is 122. The molecule has 0 amide bonds. The molecule has 68 valence electrons. The maximum absolute atomic E-state index is 5.82. The van der Waals surface area contributed by atoms with Gasteiger partial charge in [-0.05, 0) is 41.8 Å². The number of nitrogens with one attached hydrogen (secondary N) is 1. The smallest absolute Gasteiger partial charge is 0.0663 e. The summed E-state index contributed by atoms with van der Waals surface area (Å²) in [7, 11) is 4.05. The van der Waals surface area contributed by atoms with E-state index in [1.807, 2.05) is 27.9 Å². The van der Waals surface area contributed by atoms with E-state index in [2.05, 4.69) is 24.1 Å². The van der Waals surface area contributed by atoms with E-state index in [0.29, 0.717) is 0 Å². The van der Waals surface area contributed by atoms with Crippen molar-refractivity contribution in [1.82, 2.24) is 10.2 Å². The van der Waals surface area contributed by atoms with Gasteiger partial charge in [0.15, 0.2) is 0 Å². The lowest BCUT2D eigenvalue weighted by atomic mass is 10.1. The summed E-state index contributed by atoms with van der Waals surface area (Å²) in [5.74, 6) is 0. The van der Waals surface area contributed by atoms with E-state index >= 15 is 0 Å². The lowest BCUT2D eigenvalue weighted by Crippen LogP contribution is -2.62. The van der Waals surface area contributed by atoms with Crippen molar-refractivity contribution in [1.29, 1.82) is 0 Å². The molecule has 0 saturated heterocycles. The van der Waals surface area contributed by atoms with Crippen LogP contribution in [0.3, 0.4) is 0 Å². The van der Waals surface area contributed by atoms with Crippen molar-refractivity contribution < 1.29 is 0 Å². The maximum atomic E-state index is 5.82. The Morgan fingerprint density at radius 3 is 1.55 bits per heavy atom. The summed E-state index contributed by atoms with van der Waals surface area (Å²) in [5, 5.41) is 3.30. The molecule has 3 nitrogen and oxygen atoms in total. The zero-order valence-corrected chi connectivity index (χ0v) is 8.52. The van der Waals surface area contributed by atoms with Crippen LogP contribution in [0.15, 0.2) is 0 Å². The maximum Gasteiger partial charge on any atom is 0.0663 e. The van der Waals surface area contributed by atoms with Gasteiger partial charge in [-0.2, -0.15) is 0 Å². The molecular weight excluding hydrogens is 138 g/mol. The average molecular weight is 159 g/mol. The third-order valence-corrected chi connectivity index (χ3v) is 1.75. The molecule has 0 aliphatic carbocycles. The van der Waals surface area contributed by atoms with Gasteiger partial charge in [-0.25, -0.2) is 0 Å². The van der Waals surface area contributed by atoms with Crippen LogP contribution in [0.2, 0.25) is 0 Å². The molecular formula is C8H21N3. The van der Waals surface area contributed by atoms with Crippen molar-refractivity contribution in [2.75, 3.05) is 14.1 Å². The molecule has 0 fully saturated rings. The first-order valence-corrected chi connectivity index (χ1v) is 3.91. The summed E-state index contributed by atoms with van der Waals surface area (Å²) in [6, 6.07) is 0. The summed E-state index contributed by atoms with van der Waals surface area (Å²) >= 11 is 0. The number of nitrogens with two attached hydrogens (primary N) is 1. The van der Waals surface area contributed by atoms with Crippen LogP contribution in [0, 0.1) is 0 Å². The summed E-state index contributed by atoms with van der Waals surface area (Å²) in [6.45, 7) is 8.11. The van der Waals surface area contributed by atoms with Crippen molar-refractivity contribution in [2.24, 2.45) is 5.73 Å². The Hall–Kier alpha value is -0.120. The molecule has 3 N–H and O–H groups in total. The molecule has 0 spiro atoms. The largest absolute Gasteiger partial charge is 0.314 e. The van der Waals surface area contributed by atoms with Gasteiger partial charge in [0, 0.05) is 0 Å². The highest BCUT2D eigenvalue weighted by molar-refractivity contribution is 4.81. The second kappa shape index (κ2) is 3.09. The van der Waals surface area contributed by atoms with Crippen LogP contribution >= 0.6 is 0 Å². The Kier molecular flexibility index (Phi) is 3.06. The van der Waals surface area contributed by atoms with E-state index in [9.17, 15) is 0 Å². The van der Waals surface area contributed by atoms with Crippen LogP contribution in [0.5, 0.6) is 0 Å². The fourth-order valence-corrected chi connectivity index (χ4v) is 0.900. The lowest BCUT2D eigenvalue weighted by Gasteiger charge is -2.39. The second-order valence-electron chi connectivity index (χ2n) is 4.30. The zero-order valence-electron chi connectivity index (χ0n) is 8.52. The normalized spacial score (nSPS) is 14.2. The van der Waals surface area contributed by atoms with Gasteiger partial charge >= 0.3 is 0 Å². The van der Waals surface area contributed by atoms with Gasteiger partial charge < -0.3 is 5.73 Å². The molecule has 3 heteroatoms. The minimum absolute atomic E-state index is 0.0573. The molecule has 0 saturated carbocycles. The summed E-state index contributed by atoms with van der Waals surface area (Å²) in [5.41, 5.74) is 5.44. The van der Waals surface area contributed by atoms with E-state index in [1.54, 1.807) is 0 Å². The molecule has 0 aromatic heterocycles. The van der Waals surface area contributed by atoms with E-state index in [1.165, 1.54) is 0 Å². The van der Waals surface area contributed by atoms with Gasteiger partial charge in [0.1, 0.15) is 0 Å². The van der Waals surface area contributed by atoms with E-state index in [-0.39, 0.29) is 11.3 Å². The Labute approximate surface area is 69.9 Å². The molecule has 0 unspecified atom stereocenters. The fraction of sp³-hybridized carbons (Fsp3) is 1.00. The van der Waals surface area contributed by atoms with E-state index < -0.39 is 0 Å². The standard InChI is InChI=1S/C8H21N3/c1-7(2,9)10-8(3,4)11(5)6/h10H,9H2,1-6H3. The van der Waals surface area contributed by atoms with Crippen molar-refractivity contribution in [3.05, 3.63) is 0 Å². The topological polar surface area (TPSA) is 41.3 Å². The second-order valence-corrected chi connectivity index (χ2v) is 4.30. The number of hydrogen-bond donors (Lipinski definition) is 2. The molecule has 0 bridgehead atoms. The molecule has 0 heterocycles. The van der Waals surface area contributed by atoms with E-state index in [0.717, 1.165) is 0 Å². The highest BCUT2D eigenvalue weighted by Crippen LogP contribution is 2.08. The predicted molar refractivity (Wildman–Crippen MR) is 49.2 cm³/mol. The number of nitrogens with zero attached hydrogens (tertiary/aromatic N) is 1. The summed E-state index contributed by atoms with van der Waals surface area (Å²) in [4.78, 5) is 2.10. The van der Waals surface area contributed by atoms with Crippen LogP contribution < -0.4 is 11.1 Å². The number of rotatable bonds is 3. The zero-order chi connectivity index (χ0) is 9.28. The van der Waals surface area contributed by atoms with Crippen LogP contribution in [-0.2, 0) is 0 Å². The highest BCUT2D eigenvalue weighted by atomic mass is 15.3. The Morgan fingerprint density at radius 1 is 1.09 bits per heavy atom. The van der Waals surface area contributed by atoms with Gasteiger partial charge in [0.25, 0.3) is 0 Å². The van der Waals surface area contributed by atoms with Gasteiger partial charge in [0.2, 0.25) is 0 Å². The minimum atomic E-state index is -0.326. The van der Waals surface area contributed by atoms with Crippen molar-refractivity contribution in [3.63, 3.8) is 0 Å². The third kappa shape index (κ3) is 4.35. The molecule has 0 rings (SSSR count). The first-order valence-electron chi connectivity index (χ1n) is 3.91. The first kappa shape index (κ1) is 10.9. The highest BCUT2D eigenvalue weighted by Gasteiger charge is 2.25. The molecule has 0 radical (unpaired) electrons. The Morgan fingerprint density at radius 2 is 1.45 bits per heavy atom. The summed E-state index contributed by atoms with van der Waals surface area (Å²) in [6.07, 6.45) is 0. The molecule has 0 aliphatic rings. The SMILES string of the molecule is CN(C)C(C)(C)NC(C)(C)N. The number of hydrogen-bond acceptors (Lipinski definition) is 3. The third-order valence-electron chi connectivity index (χ3n) is 1.75. The van der Waals surface area contributed by atoms with Crippen LogP contribution in [0.4, 0.5) is 0 Å². The van der Waals surface area contributed by atoms with E-state index in [4.69, 9.17) is 5.73 Å². The predicted octanol–water partition coefficient (Wildman–Crippen LogP) is 0.569. The van der Waals surface area contributed by atoms with Gasteiger partial charge in [-0.3, -0.25) is 10.2 Å². The fourth-order valence-electron chi connectivity index (χ4n) is 0.900.